The van der Waals surface area contributed by atoms with Gasteiger partial charge in [-0.2, -0.15) is 0 Å². The van der Waals surface area contributed by atoms with Crippen LogP contribution in [0.2, 0.25) is 0 Å². The number of Topliss-reactive ketones (excluding diaryl/α,β-unsaturated/α-hetero) is 1. The van der Waals surface area contributed by atoms with Crippen LogP contribution in [0.5, 0.6) is 0 Å². The molecule has 3 rings (SSSR count). The van der Waals surface area contributed by atoms with E-state index in [1.807, 2.05) is 6.20 Å². The SMILES string of the molecule is O=C1CCC(c2c[nH]c3cc(F)ccc23)C1. The third-order valence-electron chi connectivity index (χ3n) is 3.36. The molecule has 0 saturated heterocycles. The number of fused-ring (bicyclic) bond motifs is 1. The summed E-state index contributed by atoms with van der Waals surface area (Å²) < 4.78 is 13.0. The Labute approximate surface area is 92.5 Å². The van der Waals surface area contributed by atoms with Crippen molar-refractivity contribution < 1.29 is 9.18 Å². The largest absolute Gasteiger partial charge is 0.361 e. The van der Waals surface area contributed by atoms with Gasteiger partial charge >= 0.3 is 0 Å². The summed E-state index contributed by atoms with van der Waals surface area (Å²) >= 11 is 0. The lowest BCUT2D eigenvalue weighted by Gasteiger charge is -2.05. The van der Waals surface area contributed by atoms with Gasteiger partial charge in [0.2, 0.25) is 0 Å². The van der Waals surface area contributed by atoms with Crippen LogP contribution in [0, 0.1) is 5.82 Å². The van der Waals surface area contributed by atoms with Gasteiger partial charge in [-0.05, 0) is 36.1 Å². The summed E-state index contributed by atoms with van der Waals surface area (Å²) in [6, 6.07) is 4.76. The van der Waals surface area contributed by atoms with Crippen LogP contribution in [0.4, 0.5) is 4.39 Å². The van der Waals surface area contributed by atoms with E-state index in [2.05, 4.69) is 4.98 Å². The lowest BCUT2D eigenvalue weighted by atomic mass is 9.97. The molecule has 3 heteroatoms. The quantitative estimate of drug-likeness (QED) is 0.782. The van der Waals surface area contributed by atoms with E-state index < -0.39 is 0 Å². The topological polar surface area (TPSA) is 32.9 Å². The van der Waals surface area contributed by atoms with Crippen LogP contribution in [0.3, 0.4) is 0 Å². The smallest absolute Gasteiger partial charge is 0.133 e. The van der Waals surface area contributed by atoms with E-state index in [1.54, 1.807) is 6.07 Å². The van der Waals surface area contributed by atoms with Crippen LogP contribution < -0.4 is 0 Å². The number of hydrogen-bond acceptors (Lipinski definition) is 1. The van der Waals surface area contributed by atoms with Gasteiger partial charge in [0.05, 0.1) is 0 Å². The first-order chi connectivity index (χ1) is 7.74. The van der Waals surface area contributed by atoms with Crippen molar-refractivity contribution in [1.29, 1.82) is 0 Å². The minimum absolute atomic E-state index is 0.233. The van der Waals surface area contributed by atoms with E-state index in [1.165, 1.54) is 12.1 Å². The second kappa shape index (κ2) is 3.44. The van der Waals surface area contributed by atoms with Crippen molar-refractivity contribution in [2.24, 2.45) is 0 Å². The minimum atomic E-state index is -0.233. The molecule has 1 saturated carbocycles. The molecule has 0 radical (unpaired) electrons. The van der Waals surface area contributed by atoms with Gasteiger partial charge in [-0.25, -0.2) is 4.39 Å². The van der Waals surface area contributed by atoms with Gasteiger partial charge in [-0.3, -0.25) is 4.79 Å². The predicted molar refractivity (Wildman–Crippen MR) is 59.9 cm³/mol. The fourth-order valence-electron chi connectivity index (χ4n) is 2.54. The highest BCUT2D eigenvalue weighted by molar-refractivity contribution is 5.87. The normalized spacial score (nSPS) is 20.8. The minimum Gasteiger partial charge on any atom is -0.361 e. The number of hydrogen-bond donors (Lipinski definition) is 1. The Morgan fingerprint density at radius 3 is 3.00 bits per heavy atom. The van der Waals surface area contributed by atoms with E-state index in [9.17, 15) is 9.18 Å². The number of H-pyrrole nitrogens is 1. The molecule has 16 heavy (non-hydrogen) atoms. The zero-order valence-corrected chi connectivity index (χ0v) is 8.79. The highest BCUT2D eigenvalue weighted by Gasteiger charge is 2.25. The van der Waals surface area contributed by atoms with Crippen molar-refractivity contribution in [2.75, 3.05) is 0 Å². The molecule has 1 N–H and O–H groups in total. The molecule has 1 unspecified atom stereocenters. The Balaban J connectivity index is 2.07. The zero-order valence-electron chi connectivity index (χ0n) is 8.79. The van der Waals surface area contributed by atoms with Crippen LogP contribution in [0.1, 0.15) is 30.7 Å². The molecule has 1 fully saturated rings. The van der Waals surface area contributed by atoms with Crippen molar-refractivity contribution in [3.8, 4) is 0 Å². The summed E-state index contributed by atoms with van der Waals surface area (Å²) in [5.74, 6) is 0.413. The lowest BCUT2D eigenvalue weighted by Crippen LogP contribution is -1.92. The summed E-state index contributed by atoms with van der Waals surface area (Å²) in [5.41, 5.74) is 1.97. The first-order valence-electron chi connectivity index (χ1n) is 5.52. The number of ketones is 1. The van der Waals surface area contributed by atoms with Crippen LogP contribution >= 0.6 is 0 Å². The first-order valence-corrected chi connectivity index (χ1v) is 5.52. The number of carbonyl (C=O) groups excluding carboxylic acids is 1. The summed E-state index contributed by atoms with van der Waals surface area (Å²) in [6.45, 7) is 0. The first kappa shape index (κ1) is 9.58. The van der Waals surface area contributed by atoms with E-state index >= 15 is 0 Å². The summed E-state index contributed by atoms with van der Waals surface area (Å²) in [7, 11) is 0. The molecule has 1 aliphatic carbocycles. The third-order valence-corrected chi connectivity index (χ3v) is 3.36. The van der Waals surface area contributed by atoms with Crippen molar-refractivity contribution in [1.82, 2.24) is 4.98 Å². The zero-order chi connectivity index (χ0) is 11.1. The molecule has 0 aliphatic heterocycles. The number of nitrogens with one attached hydrogen (secondary N) is 1. The molecule has 0 bridgehead atoms. The maximum absolute atomic E-state index is 13.0. The second-order valence-corrected chi connectivity index (χ2v) is 4.41. The van der Waals surface area contributed by atoms with Crippen molar-refractivity contribution in [3.05, 3.63) is 35.8 Å². The Morgan fingerprint density at radius 1 is 1.38 bits per heavy atom. The highest BCUT2D eigenvalue weighted by atomic mass is 19.1. The van der Waals surface area contributed by atoms with Crippen LogP contribution in [0.25, 0.3) is 10.9 Å². The van der Waals surface area contributed by atoms with E-state index in [0.29, 0.717) is 24.5 Å². The van der Waals surface area contributed by atoms with E-state index in [4.69, 9.17) is 0 Å². The fourth-order valence-corrected chi connectivity index (χ4v) is 2.54. The standard InChI is InChI=1S/C13H12FNO/c14-9-2-4-11-12(7-15-13(11)6-9)8-1-3-10(16)5-8/h2,4,6-8,15H,1,3,5H2. The molecule has 1 heterocycles. The van der Waals surface area contributed by atoms with Gasteiger partial charge in [0.15, 0.2) is 0 Å². The Bertz CT molecular complexity index is 558. The highest BCUT2D eigenvalue weighted by Crippen LogP contribution is 2.36. The average molecular weight is 217 g/mol. The third kappa shape index (κ3) is 1.43. The van der Waals surface area contributed by atoms with Gasteiger partial charge in [0, 0.05) is 29.9 Å². The number of carbonyl (C=O) groups is 1. The molecule has 1 aliphatic rings. The number of aromatic nitrogens is 1. The van der Waals surface area contributed by atoms with Crippen LogP contribution in [-0.4, -0.2) is 10.8 Å². The molecule has 82 valence electrons. The maximum atomic E-state index is 13.0. The molecule has 0 spiro atoms. The van der Waals surface area contributed by atoms with Gasteiger partial charge in [0.25, 0.3) is 0 Å². The number of aromatic amines is 1. The molecule has 2 nitrogen and oxygen atoms in total. The van der Waals surface area contributed by atoms with Gasteiger partial charge in [-0.15, -0.1) is 0 Å². The van der Waals surface area contributed by atoms with Crippen molar-refractivity contribution in [2.45, 2.75) is 25.2 Å². The van der Waals surface area contributed by atoms with E-state index in [-0.39, 0.29) is 5.82 Å². The van der Waals surface area contributed by atoms with E-state index in [0.717, 1.165) is 22.9 Å². The Hall–Kier alpha value is -1.64. The maximum Gasteiger partial charge on any atom is 0.133 e. The van der Waals surface area contributed by atoms with Gasteiger partial charge in [0.1, 0.15) is 11.6 Å². The summed E-state index contributed by atoms with van der Waals surface area (Å²) in [5, 5.41) is 1.04. The fraction of sp³-hybridized carbons (Fsp3) is 0.308. The number of benzene rings is 1. The molecule has 1 aromatic heterocycles. The van der Waals surface area contributed by atoms with Gasteiger partial charge < -0.3 is 4.98 Å². The summed E-state index contributed by atoms with van der Waals surface area (Å²) in [6.07, 6.45) is 4.14. The van der Waals surface area contributed by atoms with Crippen molar-refractivity contribution >= 4 is 16.7 Å². The molecule has 1 aromatic carbocycles. The Kier molecular flexibility index (Phi) is 2.06. The molecule has 0 amide bonds. The predicted octanol–water partition coefficient (Wildman–Crippen LogP) is 3.14. The molecular weight excluding hydrogens is 205 g/mol. The molecule has 1 atom stereocenters. The van der Waals surface area contributed by atoms with Crippen LogP contribution in [-0.2, 0) is 4.79 Å². The van der Waals surface area contributed by atoms with Crippen LogP contribution in [0.15, 0.2) is 24.4 Å². The van der Waals surface area contributed by atoms with Crippen molar-refractivity contribution in [3.63, 3.8) is 0 Å². The lowest BCUT2D eigenvalue weighted by molar-refractivity contribution is -0.117. The van der Waals surface area contributed by atoms with Gasteiger partial charge in [-0.1, -0.05) is 0 Å². The number of halogens is 1. The second-order valence-electron chi connectivity index (χ2n) is 4.41. The monoisotopic (exact) mass is 217 g/mol. The summed E-state index contributed by atoms with van der Waals surface area (Å²) in [4.78, 5) is 14.3. The number of rotatable bonds is 1. The average Bonchev–Trinajstić information content (AvgIpc) is 2.83. The Morgan fingerprint density at radius 2 is 2.25 bits per heavy atom. The molecular formula is C13H12FNO. The molecule has 2 aromatic rings.